The molecule has 0 bridgehead atoms. The summed E-state index contributed by atoms with van der Waals surface area (Å²) in [5, 5.41) is 17.1. The summed E-state index contributed by atoms with van der Waals surface area (Å²) < 4.78 is 0. The molecule has 6 heteroatoms. The number of nitro groups is 1. The smallest absolute Gasteiger partial charge is 0.269 e. The summed E-state index contributed by atoms with van der Waals surface area (Å²) >= 11 is 5.11. The van der Waals surface area contributed by atoms with Gasteiger partial charge in [0, 0.05) is 24.4 Å². The third-order valence-corrected chi connectivity index (χ3v) is 2.65. The first-order valence-corrected chi connectivity index (χ1v) is 6.33. The van der Waals surface area contributed by atoms with Crippen molar-refractivity contribution >= 4 is 28.7 Å². The van der Waals surface area contributed by atoms with E-state index in [1.807, 2.05) is 0 Å². The van der Waals surface area contributed by atoms with Gasteiger partial charge in [-0.3, -0.25) is 10.1 Å². The number of anilines is 1. The van der Waals surface area contributed by atoms with Gasteiger partial charge in [-0.25, -0.2) is 0 Å². The van der Waals surface area contributed by atoms with Crippen LogP contribution < -0.4 is 10.6 Å². The monoisotopic (exact) mass is 267 g/mol. The van der Waals surface area contributed by atoms with Gasteiger partial charge in [0.25, 0.3) is 5.69 Å². The zero-order valence-corrected chi connectivity index (χ0v) is 11.1. The van der Waals surface area contributed by atoms with Crippen LogP contribution in [0.5, 0.6) is 0 Å². The molecule has 0 heterocycles. The molecule has 0 aliphatic rings. The number of nitro benzene ring substituents is 1. The van der Waals surface area contributed by atoms with Gasteiger partial charge in [0.05, 0.1) is 4.92 Å². The second-order valence-corrected chi connectivity index (χ2v) is 4.30. The van der Waals surface area contributed by atoms with Crippen molar-refractivity contribution in [3.63, 3.8) is 0 Å². The summed E-state index contributed by atoms with van der Waals surface area (Å²) in [6.45, 7) is 2.99. The van der Waals surface area contributed by atoms with E-state index in [1.54, 1.807) is 12.1 Å². The van der Waals surface area contributed by atoms with Gasteiger partial charge in [-0.1, -0.05) is 19.8 Å². The average molecular weight is 267 g/mol. The second kappa shape index (κ2) is 7.60. The molecule has 98 valence electrons. The molecule has 0 saturated heterocycles. The van der Waals surface area contributed by atoms with Crippen molar-refractivity contribution in [2.75, 3.05) is 11.9 Å². The fourth-order valence-corrected chi connectivity index (χ4v) is 1.64. The van der Waals surface area contributed by atoms with Crippen LogP contribution in [0.15, 0.2) is 24.3 Å². The van der Waals surface area contributed by atoms with Gasteiger partial charge in [-0.05, 0) is 30.8 Å². The third kappa shape index (κ3) is 5.09. The maximum atomic E-state index is 10.5. The number of hydrogen-bond donors (Lipinski definition) is 2. The summed E-state index contributed by atoms with van der Waals surface area (Å²) in [5.74, 6) is 0. The SMILES string of the molecule is CCCCCNC(=S)Nc1ccc([N+](=O)[O-])cc1. The van der Waals surface area contributed by atoms with Crippen LogP contribution in [0.1, 0.15) is 26.2 Å². The van der Waals surface area contributed by atoms with E-state index in [0.29, 0.717) is 5.11 Å². The quantitative estimate of drug-likeness (QED) is 0.359. The lowest BCUT2D eigenvalue weighted by Crippen LogP contribution is -2.29. The normalized spacial score (nSPS) is 9.83. The van der Waals surface area contributed by atoms with Gasteiger partial charge < -0.3 is 10.6 Å². The van der Waals surface area contributed by atoms with Gasteiger partial charge in [-0.2, -0.15) is 0 Å². The molecule has 0 atom stereocenters. The van der Waals surface area contributed by atoms with Crippen LogP contribution in [0.25, 0.3) is 0 Å². The Morgan fingerprint density at radius 2 is 2.00 bits per heavy atom. The summed E-state index contributed by atoms with van der Waals surface area (Å²) in [5.41, 5.74) is 0.816. The Morgan fingerprint density at radius 3 is 2.56 bits per heavy atom. The first kappa shape index (κ1) is 14.4. The van der Waals surface area contributed by atoms with Crippen LogP contribution in [-0.2, 0) is 0 Å². The van der Waals surface area contributed by atoms with E-state index in [0.717, 1.165) is 18.7 Å². The highest BCUT2D eigenvalue weighted by molar-refractivity contribution is 7.80. The van der Waals surface area contributed by atoms with Crippen molar-refractivity contribution in [3.05, 3.63) is 34.4 Å². The van der Waals surface area contributed by atoms with E-state index < -0.39 is 4.92 Å². The molecule has 0 spiro atoms. The number of rotatable bonds is 6. The molecule has 18 heavy (non-hydrogen) atoms. The van der Waals surface area contributed by atoms with Crippen molar-refractivity contribution in [1.82, 2.24) is 5.32 Å². The van der Waals surface area contributed by atoms with E-state index in [2.05, 4.69) is 17.6 Å². The lowest BCUT2D eigenvalue weighted by Gasteiger charge is -2.09. The van der Waals surface area contributed by atoms with E-state index in [-0.39, 0.29) is 5.69 Å². The molecule has 1 aromatic carbocycles. The number of non-ortho nitro benzene ring substituents is 1. The van der Waals surface area contributed by atoms with E-state index in [4.69, 9.17) is 12.2 Å². The number of thiocarbonyl (C=S) groups is 1. The van der Waals surface area contributed by atoms with Crippen LogP contribution in [0.2, 0.25) is 0 Å². The van der Waals surface area contributed by atoms with Crippen molar-refractivity contribution < 1.29 is 4.92 Å². The van der Waals surface area contributed by atoms with Gasteiger partial charge in [0.2, 0.25) is 0 Å². The van der Waals surface area contributed by atoms with Crippen LogP contribution in [0.4, 0.5) is 11.4 Å². The molecule has 0 amide bonds. The highest BCUT2D eigenvalue weighted by atomic mass is 32.1. The zero-order valence-electron chi connectivity index (χ0n) is 10.3. The Balaban J connectivity index is 2.37. The predicted molar refractivity (Wildman–Crippen MR) is 76.8 cm³/mol. The highest BCUT2D eigenvalue weighted by Crippen LogP contribution is 2.15. The molecular formula is C12H17N3O2S. The Morgan fingerprint density at radius 1 is 1.33 bits per heavy atom. The minimum Gasteiger partial charge on any atom is -0.362 e. The number of hydrogen-bond acceptors (Lipinski definition) is 3. The molecule has 0 fully saturated rings. The molecule has 1 rings (SSSR count). The van der Waals surface area contributed by atoms with Gasteiger partial charge in [-0.15, -0.1) is 0 Å². The van der Waals surface area contributed by atoms with Crippen molar-refractivity contribution in [2.24, 2.45) is 0 Å². The average Bonchev–Trinajstić information content (AvgIpc) is 2.35. The maximum absolute atomic E-state index is 10.5. The Hall–Kier alpha value is -1.69. The third-order valence-electron chi connectivity index (χ3n) is 2.40. The van der Waals surface area contributed by atoms with Crippen LogP contribution in [0, 0.1) is 10.1 Å². The summed E-state index contributed by atoms with van der Waals surface area (Å²) in [6.07, 6.45) is 3.43. The van der Waals surface area contributed by atoms with Crippen LogP contribution >= 0.6 is 12.2 Å². The van der Waals surface area contributed by atoms with Crippen molar-refractivity contribution in [2.45, 2.75) is 26.2 Å². The van der Waals surface area contributed by atoms with Crippen molar-refractivity contribution in [1.29, 1.82) is 0 Å². The van der Waals surface area contributed by atoms with Gasteiger partial charge in [0.1, 0.15) is 0 Å². The summed E-state index contributed by atoms with van der Waals surface area (Å²) in [7, 11) is 0. The molecule has 0 aromatic heterocycles. The second-order valence-electron chi connectivity index (χ2n) is 3.89. The van der Waals surface area contributed by atoms with Gasteiger partial charge >= 0.3 is 0 Å². The standard InChI is InChI=1S/C12H17N3O2S/c1-2-3-4-9-13-12(18)14-10-5-7-11(8-6-10)15(16)17/h5-8H,2-4,9H2,1H3,(H2,13,14,18). The predicted octanol–water partition coefficient (Wildman–Crippen LogP) is 3.07. The number of unbranched alkanes of at least 4 members (excludes halogenated alkanes) is 2. The van der Waals surface area contributed by atoms with Crippen LogP contribution in [0.3, 0.4) is 0 Å². The Bertz CT molecular complexity index is 406. The lowest BCUT2D eigenvalue weighted by atomic mass is 10.2. The Labute approximate surface area is 112 Å². The van der Waals surface area contributed by atoms with Crippen LogP contribution in [-0.4, -0.2) is 16.6 Å². The molecule has 2 N–H and O–H groups in total. The largest absolute Gasteiger partial charge is 0.362 e. The number of nitrogens with zero attached hydrogens (tertiary/aromatic N) is 1. The number of nitrogens with one attached hydrogen (secondary N) is 2. The molecule has 0 saturated carbocycles. The lowest BCUT2D eigenvalue weighted by molar-refractivity contribution is -0.384. The molecule has 0 unspecified atom stereocenters. The molecule has 0 aliphatic carbocycles. The number of benzene rings is 1. The maximum Gasteiger partial charge on any atom is 0.269 e. The summed E-state index contributed by atoms with van der Waals surface area (Å²) in [6, 6.07) is 6.17. The molecule has 0 aliphatic heterocycles. The fraction of sp³-hybridized carbons (Fsp3) is 0.417. The molecule has 5 nitrogen and oxygen atoms in total. The topological polar surface area (TPSA) is 67.2 Å². The van der Waals surface area contributed by atoms with E-state index in [1.165, 1.54) is 25.0 Å². The highest BCUT2D eigenvalue weighted by Gasteiger charge is 2.04. The molecule has 1 aromatic rings. The van der Waals surface area contributed by atoms with E-state index >= 15 is 0 Å². The minimum absolute atomic E-state index is 0.0716. The summed E-state index contributed by atoms with van der Waals surface area (Å²) in [4.78, 5) is 10.1. The Kier molecular flexibility index (Phi) is 6.07. The van der Waals surface area contributed by atoms with E-state index in [9.17, 15) is 10.1 Å². The minimum atomic E-state index is -0.425. The zero-order chi connectivity index (χ0) is 13.4. The molecule has 0 radical (unpaired) electrons. The fourth-order valence-electron chi connectivity index (χ4n) is 1.42. The molecular weight excluding hydrogens is 250 g/mol. The van der Waals surface area contributed by atoms with Gasteiger partial charge in [0.15, 0.2) is 5.11 Å². The first-order chi connectivity index (χ1) is 8.63. The van der Waals surface area contributed by atoms with Crippen molar-refractivity contribution in [3.8, 4) is 0 Å². The first-order valence-electron chi connectivity index (χ1n) is 5.92.